The largest absolute Gasteiger partial charge is 0.295 e. The fourth-order valence-corrected chi connectivity index (χ4v) is 4.11. The number of nitrogens with zero attached hydrogens (tertiary/aromatic N) is 4. The van der Waals surface area contributed by atoms with E-state index in [0.29, 0.717) is 6.04 Å². The fourth-order valence-electron chi connectivity index (χ4n) is 3.43. The number of likely N-dealkylation sites (tertiary alicyclic amines) is 1. The predicted octanol–water partition coefficient (Wildman–Crippen LogP) is 4.61. The van der Waals surface area contributed by atoms with E-state index >= 15 is 0 Å². The normalized spacial score (nSPS) is 17.2. The van der Waals surface area contributed by atoms with Gasteiger partial charge in [0.25, 0.3) is 0 Å². The molecule has 2 aromatic heterocycles. The highest BCUT2D eigenvalue weighted by atomic mass is 32.1. The first-order valence-corrected chi connectivity index (χ1v) is 9.46. The summed E-state index contributed by atoms with van der Waals surface area (Å²) in [6, 6.07) is 9.07. The van der Waals surface area contributed by atoms with E-state index in [1.54, 1.807) is 11.3 Å². The Balaban J connectivity index is 1.68. The Labute approximate surface area is 146 Å². The van der Waals surface area contributed by atoms with Gasteiger partial charge in [0.15, 0.2) is 0 Å². The zero-order valence-electron chi connectivity index (χ0n) is 14.2. The van der Waals surface area contributed by atoms with Gasteiger partial charge in [0.1, 0.15) is 10.0 Å². The van der Waals surface area contributed by atoms with Crippen molar-refractivity contribution in [2.75, 3.05) is 13.1 Å². The lowest BCUT2D eigenvalue weighted by molar-refractivity contribution is 0.172. The van der Waals surface area contributed by atoms with Gasteiger partial charge >= 0.3 is 0 Å². The van der Waals surface area contributed by atoms with Crippen LogP contribution >= 0.6 is 11.3 Å². The lowest BCUT2D eigenvalue weighted by atomic mass is 10.0. The number of pyridine rings is 1. The summed E-state index contributed by atoms with van der Waals surface area (Å²) in [6.07, 6.45) is 5.97. The van der Waals surface area contributed by atoms with Crippen LogP contribution in [0.1, 0.15) is 42.9 Å². The van der Waals surface area contributed by atoms with E-state index in [-0.39, 0.29) is 0 Å². The molecule has 0 bridgehead atoms. The van der Waals surface area contributed by atoms with E-state index in [9.17, 15) is 0 Å². The molecule has 0 radical (unpaired) electrons. The van der Waals surface area contributed by atoms with Gasteiger partial charge in [-0.1, -0.05) is 29.9 Å². The maximum Gasteiger partial charge on any atom is 0.147 e. The van der Waals surface area contributed by atoms with E-state index < -0.39 is 0 Å². The number of rotatable bonds is 3. The molecule has 124 valence electrons. The molecule has 4 nitrogen and oxygen atoms in total. The Morgan fingerprint density at radius 1 is 1.04 bits per heavy atom. The number of hydrogen-bond donors (Lipinski definition) is 0. The molecule has 5 heteroatoms. The first-order chi connectivity index (χ1) is 11.7. The molecule has 3 heterocycles. The number of piperidine rings is 1. The Morgan fingerprint density at radius 3 is 2.62 bits per heavy atom. The third-order valence-electron chi connectivity index (χ3n) is 4.88. The van der Waals surface area contributed by atoms with Gasteiger partial charge in [-0.05, 0) is 57.3 Å². The van der Waals surface area contributed by atoms with Crippen molar-refractivity contribution in [3.63, 3.8) is 0 Å². The minimum Gasteiger partial charge on any atom is -0.295 e. The number of aryl methyl sites for hydroxylation is 1. The van der Waals surface area contributed by atoms with Crippen LogP contribution in [0.3, 0.4) is 0 Å². The molecule has 1 atom stereocenters. The van der Waals surface area contributed by atoms with Crippen molar-refractivity contribution < 1.29 is 0 Å². The van der Waals surface area contributed by atoms with E-state index in [4.69, 9.17) is 4.98 Å². The summed E-state index contributed by atoms with van der Waals surface area (Å²) in [5.74, 6) is 0. The van der Waals surface area contributed by atoms with Crippen LogP contribution in [0.5, 0.6) is 0 Å². The zero-order valence-corrected chi connectivity index (χ0v) is 15.0. The summed E-state index contributed by atoms with van der Waals surface area (Å²) in [5, 5.41) is 12.8. The lowest BCUT2D eigenvalue weighted by Crippen LogP contribution is -2.32. The highest BCUT2D eigenvalue weighted by Crippen LogP contribution is 2.29. The Hall–Kier alpha value is -1.85. The standard InChI is InChI=1S/C19H22N4S/c1-13(23-8-4-3-5-9-23)18-11-17-10-15(6-7-16(17)12-20-18)19-22-21-14(2)24-19/h6-7,10-13H,3-5,8-9H2,1-2H3. The van der Waals surface area contributed by atoms with Gasteiger partial charge in [0.05, 0.1) is 5.69 Å². The first kappa shape index (κ1) is 15.7. The van der Waals surface area contributed by atoms with Crippen molar-refractivity contribution >= 4 is 22.1 Å². The van der Waals surface area contributed by atoms with Gasteiger partial charge in [0, 0.05) is 23.2 Å². The lowest BCUT2D eigenvalue weighted by Gasteiger charge is -2.32. The molecule has 1 aliphatic rings. The fraction of sp³-hybridized carbons (Fsp3) is 0.421. The van der Waals surface area contributed by atoms with Crippen LogP contribution in [0.4, 0.5) is 0 Å². The molecule has 0 saturated carbocycles. The van der Waals surface area contributed by atoms with Crippen molar-refractivity contribution in [3.05, 3.63) is 41.2 Å². The second-order valence-corrected chi connectivity index (χ2v) is 7.75. The maximum atomic E-state index is 4.72. The maximum absolute atomic E-state index is 4.72. The predicted molar refractivity (Wildman–Crippen MR) is 99.2 cm³/mol. The molecular formula is C19H22N4S. The van der Waals surface area contributed by atoms with Gasteiger partial charge in [-0.2, -0.15) is 0 Å². The molecular weight excluding hydrogens is 316 g/mol. The SMILES string of the molecule is Cc1nnc(-c2ccc3cnc(C(C)N4CCCCC4)cc3c2)s1. The second kappa shape index (κ2) is 6.57. The Bertz CT molecular complexity index is 851. The molecule has 3 aromatic rings. The van der Waals surface area contributed by atoms with Crippen LogP contribution in [-0.2, 0) is 0 Å². The monoisotopic (exact) mass is 338 g/mol. The van der Waals surface area contributed by atoms with Crippen molar-refractivity contribution in [2.45, 2.75) is 39.2 Å². The van der Waals surface area contributed by atoms with E-state index in [1.165, 1.54) is 43.1 Å². The first-order valence-electron chi connectivity index (χ1n) is 8.65. The minimum atomic E-state index is 0.377. The average Bonchev–Trinajstić information content (AvgIpc) is 3.07. The summed E-state index contributed by atoms with van der Waals surface area (Å²) >= 11 is 1.64. The summed E-state index contributed by atoms with van der Waals surface area (Å²) in [4.78, 5) is 7.27. The smallest absolute Gasteiger partial charge is 0.147 e. The Kier molecular flexibility index (Phi) is 4.29. The van der Waals surface area contributed by atoms with E-state index in [1.807, 2.05) is 13.1 Å². The molecule has 0 spiro atoms. The number of hydrogen-bond acceptors (Lipinski definition) is 5. The van der Waals surface area contributed by atoms with E-state index in [0.717, 1.165) is 21.3 Å². The van der Waals surface area contributed by atoms with Crippen LogP contribution in [0.15, 0.2) is 30.5 Å². The number of aromatic nitrogens is 3. The van der Waals surface area contributed by atoms with Gasteiger partial charge < -0.3 is 0 Å². The zero-order chi connectivity index (χ0) is 16.5. The van der Waals surface area contributed by atoms with Crippen LogP contribution in [0.2, 0.25) is 0 Å². The van der Waals surface area contributed by atoms with Gasteiger partial charge in [-0.3, -0.25) is 9.88 Å². The molecule has 4 rings (SSSR count). The van der Waals surface area contributed by atoms with Crippen molar-refractivity contribution in [1.82, 2.24) is 20.1 Å². The van der Waals surface area contributed by atoms with Crippen molar-refractivity contribution in [1.29, 1.82) is 0 Å². The highest BCUT2D eigenvalue weighted by molar-refractivity contribution is 7.14. The third kappa shape index (κ3) is 3.06. The molecule has 1 saturated heterocycles. The van der Waals surface area contributed by atoms with Crippen LogP contribution in [0.25, 0.3) is 21.3 Å². The number of benzene rings is 1. The topological polar surface area (TPSA) is 41.9 Å². The summed E-state index contributed by atoms with van der Waals surface area (Å²) in [5.41, 5.74) is 2.30. The summed E-state index contributed by atoms with van der Waals surface area (Å²) < 4.78 is 0. The van der Waals surface area contributed by atoms with E-state index in [2.05, 4.69) is 46.3 Å². The average molecular weight is 338 g/mol. The molecule has 0 aliphatic carbocycles. The van der Waals surface area contributed by atoms with Crippen LogP contribution < -0.4 is 0 Å². The molecule has 24 heavy (non-hydrogen) atoms. The molecule has 0 amide bonds. The Morgan fingerprint density at radius 2 is 1.88 bits per heavy atom. The van der Waals surface area contributed by atoms with Gasteiger partial charge in [0.2, 0.25) is 0 Å². The highest BCUT2D eigenvalue weighted by Gasteiger charge is 2.19. The molecule has 1 fully saturated rings. The summed E-state index contributed by atoms with van der Waals surface area (Å²) in [6.45, 7) is 6.64. The molecule has 1 aromatic carbocycles. The minimum absolute atomic E-state index is 0.377. The molecule has 0 N–H and O–H groups in total. The van der Waals surface area contributed by atoms with Crippen LogP contribution in [-0.4, -0.2) is 33.2 Å². The third-order valence-corrected chi connectivity index (χ3v) is 5.77. The van der Waals surface area contributed by atoms with Gasteiger partial charge in [-0.25, -0.2) is 0 Å². The molecule has 1 aliphatic heterocycles. The van der Waals surface area contributed by atoms with Crippen molar-refractivity contribution in [3.8, 4) is 10.6 Å². The number of fused-ring (bicyclic) bond motifs is 1. The molecule has 1 unspecified atom stereocenters. The summed E-state index contributed by atoms with van der Waals surface area (Å²) in [7, 11) is 0. The van der Waals surface area contributed by atoms with Gasteiger partial charge in [-0.15, -0.1) is 10.2 Å². The second-order valence-electron chi connectivity index (χ2n) is 6.57. The van der Waals surface area contributed by atoms with Crippen molar-refractivity contribution in [2.24, 2.45) is 0 Å². The quantitative estimate of drug-likeness (QED) is 0.699. The van der Waals surface area contributed by atoms with Crippen LogP contribution in [0, 0.1) is 6.92 Å².